The summed E-state index contributed by atoms with van der Waals surface area (Å²) in [4.78, 5) is 12.1. The molecule has 0 aromatic heterocycles. The van der Waals surface area contributed by atoms with Crippen LogP contribution in [0, 0.1) is 17.8 Å². The number of hydrogen-bond acceptors (Lipinski definition) is 2. The summed E-state index contributed by atoms with van der Waals surface area (Å²) >= 11 is 0. The maximum absolute atomic E-state index is 12.1. The van der Waals surface area contributed by atoms with Gasteiger partial charge in [0, 0.05) is 12.0 Å². The van der Waals surface area contributed by atoms with Gasteiger partial charge < -0.3 is 10.6 Å². The van der Waals surface area contributed by atoms with Gasteiger partial charge in [0.25, 0.3) is 0 Å². The predicted molar refractivity (Wildman–Crippen MR) is 77.0 cm³/mol. The summed E-state index contributed by atoms with van der Waals surface area (Å²) in [6, 6.07) is 0.427. The second-order valence-electron chi connectivity index (χ2n) is 6.15. The highest BCUT2D eigenvalue weighted by atomic mass is 35.5. The van der Waals surface area contributed by atoms with Crippen LogP contribution in [-0.4, -0.2) is 25.0 Å². The lowest BCUT2D eigenvalue weighted by Gasteiger charge is -2.33. The molecule has 1 amide bonds. The lowest BCUT2D eigenvalue weighted by atomic mass is 9.80. The zero-order chi connectivity index (χ0) is 12.3. The monoisotopic (exact) mass is 274 g/mol. The molecule has 0 aromatic rings. The molecule has 2 aliphatic rings. The smallest absolute Gasteiger partial charge is 0.223 e. The molecule has 0 spiro atoms. The zero-order valence-corrected chi connectivity index (χ0v) is 12.4. The van der Waals surface area contributed by atoms with Crippen LogP contribution in [0.4, 0.5) is 0 Å². The van der Waals surface area contributed by atoms with E-state index in [4.69, 9.17) is 0 Å². The van der Waals surface area contributed by atoms with E-state index in [2.05, 4.69) is 24.5 Å². The number of rotatable bonds is 2. The van der Waals surface area contributed by atoms with Gasteiger partial charge in [-0.1, -0.05) is 13.8 Å². The summed E-state index contributed by atoms with van der Waals surface area (Å²) < 4.78 is 0. The van der Waals surface area contributed by atoms with Crippen LogP contribution in [0.2, 0.25) is 0 Å². The minimum atomic E-state index is 0. The highest BCUT2D eigenvalue weighted by Gasteiger charge is 2.28. The third kappa shape index (κ3) is 4.43. The highest BCUT2D eigenvalue weighted by molar-refractivity contribution is 5.85. The van der Waals surface area contributed by atoms with Crippen molar-refractivity contribution in [2.45, 2.75) is 52.0 Å². The van der Waals surface area contributed by atoms with Crippen molar-refractivity contribution in [3.8, 4) is 0 Å². The van der Waals surface area contributed by atoms with Crippen molar-refractivity contribution in [2.75, 3.05) is 13.1 Å². The second kappa shape index (κ2) is 7.34. The zero-order valence-electron chi connectivity index (χ0n) is 11.6. The first-order valence-electron chi connectivity index (χ1n) is 7.16. The van der Waals surface area contributed by atoms with Crippen molar-refractivity contribution in [2.24, 2.45) is 17.8 Å². The fraction of sp³-hybridized carbons (Fsp3) is 0.929. The van der Waals surface area contributed by atoms with Crippen LogP contribution < -0.4 is 10.6 Å². The van der Waals surface area contributed by atoms with Gasteiger partial charge in [0.05, 0.1) is 0 Å². The van der Waals surface area contributed by atoms with Crippen LogP contribution in [0.3, 0.4) is 0 Å². The maximum atomic E-state index is 12.1. The van der Waals surface area contributed by atoms with Gasteiger partial charge in [0.15, 0.2) is 0 Å². The topological polar surface area (TPSA) is 41.1 Å². The van der Waals surface area contributed by atoms with Gasteiger partial charge in [-0.2, -0.15) is 0 Å². The molecule has 1 saturated carbocycles. The van der Waals surface area contributed by atoms with Gasteiger partial charge in [0.2, 0.25) is 5.91 Å². The average Bonchev–Trinajstić information content (AvgIpc) is 2.28. The number of nitrogens with one attached hydrogen (secondary N) is 2. The molecule has 2 unspecified atom stereocenters. The Morgan fingerprint density at radius 3 is 2.17 bits per heavy atom. The number of carbonyl (C=O) groups excluding carboxylic acids is 1. The molecule has 18 heavy (non-hydrogen) atoms. The molecule has 2 fully saturated rings. The van der Waals surface area contributed by atoms with Gasteiger partial charge in [-0.3, -0.25) is 4.79 Å². The summed E-state index contributed by atoms with van der Waals surface area (Å²) in [5.41, 5.74) is 0. The van der Waals surface area contributed by atoms with Gasteiger partial charge in [-0.25, -0.2) is 0 Å². The van der Waals surface area contributed by atoms with Crippen LogP contribution in [-0.2, 0) is 4.79 Å². The van der Waals surface area contributed by atoms with Gasteiger partial charge in [0.1, 0.15) is 0 Å². The molecule has 106 valence electrons. The summed E-state index contributed by atoms with van der Waals surface area (Å²) in [5, 5.41) is 6.59. The summed E-state index contributed by atoms with van der Waals surface area (Å²) in [5.74, 6) is 2.08. The van der Waals surface area contributed by atoms with Crippen molar-refractivity contribution in [3.63, 3.8) is 0 Å². The third-order valence-corrected chi connectivity index (χ3v) is 4.23. The molecule has 2 atom stereocenters. The Bertz CT molecular complexity index is 257. The fourth-order valence-corrected chi connectivity index (χ4v) is 3.47. The van der Waals surface area contributed by atoms with E-state index in [9.17, 15) is 4.79 Å². The predicted octanol–water partition coefficient (Wildman–Crippen LogP) is 2.35. The average molecular weight is 275 g/mol. The van der Waals surface area contributed by atoms with E-state index in [0.717, 1.165) is 37.8 Å². The molecular formula is C14H27ClN2O. The first-order chi connectivity index (χ1) is 8.15. The first-order valence-corrected chi connectivity index (χ1v) is 7.16. The molecular weight excluding hydrogens is 248 g/mol. The van der Waals surface area contributed by atoms with Crippen LogP contribution in [0.25, 0.3) is 0 Å². The Morgan fingerprint density at radius 2 is 1.61 bits per heavy atom. The molecule has 2 N–H and O–H groups in total. The highest BCUT2D eigenvalue weighted by Crippen LogP contribution is 2.28. The van der Waals surface area contributed by atoms with Crippen LogP contribution >= 0.6 is 12.4 Å². The first kappa shape index (κ1) is 15.8. The largest absolute Gasteiger partial charge is 0.353 e. The van der Waals surface area contributed by atoms with E-state index in [0.29, 0.717) is 11.9 Å². The minimum Gasteiger partial charge on any atom is -0.353 e. The molecule has 1 aliphatic carbocycles. The van der Waals surface area contributed by atoms with Gasteiger partial charge in [-0.15, -0.1) is 12.4 Å². The van der Waals surface area contributed by atoms with Crippen LogP contribution in [0.15, 0.2) is 0 Å². The quantitative estimate of drug-likeness (QED) is 0.812. The molecule has 1 saturated heterocycles. The molecule has 1 heterocycles. The van der Waals surface area contributed by atoms with E-state index in [1.54, 1.807) is 0 Å². The SMILES string of the molecule is CC1CC(C)CC(NC(=O)C2CCNCC2)C1.Cl. The lowest BCUT2D eigenvalue weighted by molar-refractivity contribution is -0.126. The van der Waals surface area contributed by atoms with Crippen LogP contribution in [0.5, 0.6) is 0 Å². The fourth-order valence-electron chi connectivity index (χ4n) is 3.47. The molecule has 0 bridgehead atoms. The third-order valence-electron chi connectivity index (χ3n) is 4.23. The lowest BCUT2D eigenvalue weighted by Crippen LogP contribution is -2.45. The van der Waals surface area contributed by atoms with Gasteiger partial charge in [-0.05, 0) is 57.0 Å². The maximum Gasteiger partial charge on any atom is 0.223 e. The number of carbonyl (C=O) groups is 1. The second-order valence-corrected chi connectivity index (χ2v) is 6.15. The van der Waals surface area contributed by atoms with Crippen molar-refractivity contribution < 1.29 is 4.79 Å². The Morgan fingerprint density at radius 1 is 1.06 bits per heavy atom. The number of halogens is 1. The van der Waals surface area contributed by atoms with E-state index in [1.165, 1.54) is 19.3 Å². The van der Waals surface area contributed by atoms with Crippen LogP contribution in [0.1, 0.15) is 46.0 Å². The van der Waals surface area contributed by atoms with E-state index < -0.39 is 0 Å². The Hall–Kier alpha value is -0.280. The van der Waals surface area contributed by atoms with Crippen molar-refractivity contribution in [1.29, 1.82) is 0 Å². The molecule has 0 radical (unpaired) electrons. The van der Waals surface area contributed by atoms with Crippen molar-refractivity contribution >= 4 is 18.3 Å². The molecule has 4 heteroatoms. The van der Waals surface area contributed by atoms with Crippen molar-refractivity contribution in [1.82, 2.24) is 10.6 Å². The van der Waals surface area contributed by atoms with E-state index >= 15 is 0 Å². The molecule has 2 rings (SSSR count). The normalized spacial score (nSPS) is 33.6. The molecule has 0 aromatic carbocycles. The summed E-state index contributed by atoms with van der Waals surface area (Å²) in [6.07, 6.45) is 5.66. The van der Waals surface area contributed by atoms with E-state index in [-0.39, 0.29) is 18.3 Å². The number of hydrogen-bond donors (Lipinski definition) is 2. The van der Waals surface area contributed by atoms with E-state index in [1.807, 2.05) is 0 Å². The summed E-state index contributed by atoms with van der Waals surface area (Å²) in [7, 11) is 0. The standard InChI is InChI=1S/C14H26N2O.ClH/c1-10-7-11(2)9-13(8-10)16-14(17)12-3-5-15-6-4-12;/h10-13,15H,3-9H2,1-2H3,(H,16,17);1H. The number of piperidine rings is 1. The Kier molecular flexibility index (Phi) is 6.44. The summed E-state index contributed by atoms with van der Waals surface area (Å²) in [6.45, 7) is 6.60. The Balaban J connectivity index is 0.00000162. The number of amides is 1. The molecule has 3 nitrogen and oxygen atoms in total. The Labute approximate surface area is 117 Å². The van der Waals surface area contributed by atoms with Crippen molar-refractivity contribution in [3.05, 3.63) is 0 Å². The van der Waals surface area contributed by atoms with Gasteiger partial charge >= 0.3 is 0 Å². The minimum absolute atomic E-state index is 0. The molecule has 1 aliphatic heterocycles.